The van der Waals surface area contributed by atoms with Crippen LogP contribution in [0.2, 0.25) is 0 Å². The minimum atomic E-state index is -0.179. The van der Waals surface area contributed by atoms with E-state index in [0.717, 1.165) is 19.3 Å². The second-order valence-electron chi connectivity index (χ2n) is 7.19. The van der Waals surface area contributed by atoms with Gasteiger partial charge in [-0.15, -0.1) is 0 Å². The summed E-state index contributed by atoms with van der Waals surface area (Å²) in [6.07, 6.45) is 3.76. The highest BCUT2D eigenvalue weighted by molar-refractivity contribution is 5.90. The summed E-state index contributed by atoms with van der Waals surface area (Å²) >= 11 is 0. The first kappa shape index (κ1) is 20.3. The fraction of sp³-hybridized carbons (Fsp3) is 0.550. The first-order chi connectivity index (χ1) is 13.6. The maximum Gasteiger partial charge on any atom is 0.228 e. The smallest absolute Gasteiger partial charge is 0.228 e. The van der Waals surface area contributed by atoms with Gasteiger partial charge in [-0.1, -0.05) is 19.8 Å². The Hall–Kier alpha value is -2.45. The monoisotopic (exact) mass is 387 g/mol. The number of amides is 1. The van der Waals surface area contributed by atoms with Gasteiger partial charge in [0.2, 0.25) is 11.9 Å². The Morgan fingerprint density at radius 2 is 1.75 bits per heavy atom. The molecule has 8 nitrogen and oxygen atoms in total. The molecule has 1 aliphatic heterocycles. The summed E-state index contributed by atoms with van der Waals surface area (Å²) in [7, 11) is 0. The van der Waals surface area contributed by atoms with Gasteiger partial charge < -0.3 is 25.7 Å². The lowest BCUT2D eigenvalue weighted by atomic mass is 10.1. The largest absolute Gasteiger partial charge is 0.392 e. The molecule has 2 aromatic rings. The third-order valence-electron chi connectivity index (χ3n) is 5.28. The van der Waals surface area contributed by atoms with Gasteiger partial charge in [0.05, 0.1) is 18.7 Å². The number of aliphatic hydroxyl groups excluding tert-OH is 2. The average Bonchev–Trinajstić information content (AvgIpc) is 2.73. The van der Waals surface area contributed by atoms with Crippen LogP contribution >= 0.6 is 0 Å². The standard InChI is InChI=1S/C20H29N5O3/c1-2-3-4-5-18(28)24-6-8-25(9-7-24)20-22-17-11-15(13-27)14(12-26)10-16(17)19(21)23-20/h10-11,26-27H,2-9,12-13H2,1H3,(H2,21,22,23). The number of nitrogens with zero attached hydrogens (tertiary/aromatic N) is 4. The summed E-state index contributed by atoms with van der Waals surface area (Å²) in [5, 5.41) is 19.6. The summed E-state index contributed by atoms with van der Waals surface area (Å²) in [6, 6.07) is 3.48. The van der Waals surface area contributed by atoms with Crippen LogP contribution in [0.15, 0.2) is 12.1 Å². The van der Waals surface area contributed by atoms with Crippen LogP contribution in [-0.2, 0) is 18.0 Å². The predicted octanol–water partition coefficient (Wildman–Crippen LogP) is 1.43. The molecule has 0 spiro atoms. The SMILES string of the molecule is CCCCCC(=O)N1CCN(c2nc(N)c3cc(CO)c(CO)cc3n2)CC1. The van der Waals surface area contributed by atoms with E-state index in [4.69, 9.17) is 5.73 Å². The normalized spacial score (nSPS) is 14.7. The average molecular weight is 387 g/mol. The summed E-state index contributed by atoms with van der Waals surface area (Å²) < 4.78 is 0. The second kappa shape index (κ2) is 9.16. The van der Waals surface area contributed by atoms with E-state index >= 15 is 0 Å². The van der Waals surface area contributed by atoms with E-state index in [-0.39, 0.29) is 19.1 Å². The van der Waals surface area contributed by atoms with Crippen molar-refractivity contribution in [2.75, 3.05) is 36.8 Å². The first-order valence-electron chi connectivity index (χ1n) is 9.90. The molecule has 0 saturated carbocycles. The zero-order valence-electron chi connectivity index (χ0n) is 16.4. The van der Waals surface area contributed by atoms with Gasteiger partial charge in [-0.3, -0.25) is 4.79 Å². The number of aliphatic hydroxyl groups is 2. The molecular weight excluding hydrogens is 358 g/mol. The molecule has 1 amide bonds. The van der Waals surface area contributed by atoms with Crippen LogP contribution in [0.5, 0.6) is 0 Å². The first-order valence-corrected chi connectivity index (χ1v) is 9.90. The number of aromatic nitrogens is 2. The zero-order valence-corrected chi connectivity index (χ0v) is 16.4. The number of carbonyl (C=O) groups is 1. The molecule has 0 bridgehead atoms. The van der Waals surface area contributed by atoms with E-state index in [1.165, 1.54) is 0 Å². The number of hydrogen-bond donors (Lipinski definition) is 3. The number of hydrogen-bond acceptors (Lipinski definition) is 7. The number of carbonyl (C=O) groups excluding carboxylic acids is 1. The van der Waals surface area contributed by atoms with Gasteiger partial charge in [0, 0.05) is 38.0 Å². The summed E-state index contributed by atoms with van der Waals surface area (Å²) in [5.41, 5.74) is 8.02. The van der Waals surface area contributed by atoms with E-state index in [1.807, 2.05) is 9.80 Å². The number of nitrogen functional groups attached to an aromatic ring is 1. The van der Waals surface area contributed by atoms with Gasteiger partial charge in [-0.2, -0.15) is 4.98 Å². The number of unbranched alkanes of at least 4 members (excludes halogenated alkanes) is 2. The molecular formula is C20H29N5O3. The Kier molecular flexibility index (Phi) is 6.64. The Labute approximate surface area is 165 Å². The van der Waals surface area contributed by atoms with Crippen molar-refractivity contribution >= 4 is 28.6 Å². The van der Waals surface area contributed by atoms with Crippen molar-refractivity contribution in [2.45, 2.75) is 45.8 Å². The van der Waals surface area contributed by atoms with E-state index in [0.29, 0.717) is 66.4 Å². The molecule has 28 heavy (non-hydrogen) atoms. The van der Waals surface area contributed by atoms with Crippen LogP contribution in [0.4, 0.5) is 11.8 Å². The van der Waals surface area contributed by atoms with Gasteiger partial charge in [0.15, 0.2) is 0 Å². The highest BCUT2D eigenvalue weighted by Gasteiger charge is 2.23. The lowest BCUT2D eigenvalue weighted by Crippen LogP contribution is -2.49. The van der Waals surface area contributed by atoms with Gasteiger partial charge >= 0.3 is 0 Å². The van der Waals surface area contributed by atoms with Crippen LogP contribution in [0.3, 0.4) is 0 Å². The van der Waals surface area contributed by atoms with Crippen LogP contribution in [0.1, 0.15) is 43.7 Å². The highest BCUT2D eigenvalue weighted by atomic mass is 16.3. The molecule has 0 aliphatic carbocycles. The maximum absolute atomic E-state index is 12.3. The molecule has 1 saturated heterocycles. The summed E-state index contributed by atoms with van der Waals surface area (Å²) in [5.74, 6) is 1.09. The van der Waals surface area contributed by atoms with Gasteiger partial charge in [0.25, 0.3) is 0 Å². The van der Waals surface area contributed by atoms with Gasteiger partial charge in [0.1, 0.15) is 5.82 Å². The van der Waals surface area contributed by atoms with Crippen LogP contribution < -0.4 is 10.6 Å². The van der Waals surface area contributed by atoms with Gasteiger partial charge in [-0.25, -0.2) is 4.98 Å². The van der Waals surface area contributed by atoms with Crippen LogP contribution in [0.25, 0.3) is 10.9 Å². The van der Waals surface area contributed by atoms with Crippen molar-refractivity contribution < 1.29 is 15.0 Å². The number of benzene rings is 1. The fourth-order valence-corrected chi connectivity index (χ4v) is 3.55. The summed E-state index contributed by atoms with van der Waals surface area (Å²) in [4.78, 5) is 25.3. The minimum Gasteiger partial charge on any atom is -0.392 e. The molecule has 0 unspecified atom stereocenters. The topological polar surface area (TPSA) is 116 Å². The van der Waals surface area contributed by atoms with E-state index < -0.39 is 0 Å². The molecule has 0 atom stereocenters. The molecule has 8 heteroatoms. The minimum absolute atomic E-state index is 0.177. The lowest BCUT2D eigenvalue weighted by Gasteiger charge is -2.35. The van der Waals surface area contributed by atoms with Crippen molar-refractivity contribution in [3.63, 3.8) is 0 Å². The lowest BCUT2D eigenvalue weighted by molar-refractivity contribution is -0.131. The molecule has 1 aromatic heterocycles. The second-order valence-corrected chi connectivity index (χ2v) is 7.19. The van der Waals surface area contributed by atoms with Crippen molar-refractivity contribution in [3.05, 3.63) is 23.3 Å². The number of fused-ring (bicyclic) bond motifs is 1. The highest BCUT2D eigenvalue weighted by Crippen LogP contribution is 2.26. The van der Waals surface area contributed by atoms with Gasteiger partial charge in [-0.05, 0) is 29.7 Å². The molecule has 1 aromatic carbocycles. The van der Waals surface area contributed by atoms with Crippen LogP contribution in [0, 0.1) is 0 Å². The Morgan fingerprint density at radius 3 is 2.39 bits per heavy atom. The Bertz CT molecular complexity index is 834. The Morgan fingerprint density at radius 1 is 1.07 bits per heavy atom. The fourth-order valence-electron chi connectivity index (χ4n) is 3.55. The predicted molar refractivity (Wildman–Crippen MR) is 109 cm³/mol. The van der Waals surface area contributed by atoms with Crippen molar-refractivity contribution in [1.82, 2.24) is 14.9 Å². The molecule has 3 rings (SSSR count). The van der Waals surface area contributed by atoms with Crippen LogP contribution in [-0.4, -0.2) is 57.2 Å². The number of rotatable bonds is 7. The van der Waals surface area contributed by atoms with Crippen molar-refractivity contribution in [1.29, 1.82) is 0 Å². The third kappa shape index (κ3) is 4.34. The molecule has 1 aliphatic rings. The molecule has 4 N–H and O–H groups in total. The molecule has 152 valence electrons. The molecule has 2 heterocycles. The van der Waals surface area contributed by atoms with Crippen molar-refractivity contribution in [2.24, 2.45) is 0 Å². The van der Waals surface area contributed by atoms with E-state index in [2.05, 4.69) is 16.9 Å². The number of piperazine rings is 1. The zero-order chi connectivity index (χ0) is 20.1. The third-order valence-corrected chi connectivity index (χ3v) is 5.28. The van der Waals surface area contributed by atoms with E-state index in [9.17, 15) is 15.0 Å². The maximum atomic E-state index is 12.3. The molecule has 1 fully saturated rings. The number of anilines is 2. The van der Waals surface area contributed by atoms with Crippen molar-refractivity contribution in [3.8, 4) is 0 Å². The molecule has 0 radical (unpaired) electrons. The Balaban J connectivity index is 1.73. The number of nitrogens with two attached hydrogens (primary N) is 1. The quantitative estimate of drug-likeness (QED) is 0.615. The van der Waals surface area contributed by atoms with E-state index in [1.54, 1.807) is 12.1 Å². The summed E-state index contributed by atoms with van der Waals surface area (Å²) in [6.45, 7) is 4.39.